The Balaban J connectivity index is 1.75. The lowest BCUT2D eigenvalue weighted by molar-refractivity contribution is -0.115. The summed E-state index contributed by atoms with van der Waals surface area (Å²) in [4.78, 5) is 11.6. The van der Waals surface area contributed by atoms with Crippen molar-refractivity contribution in [3.05, 3.63) is 29.8 Å². The molecular formula is C14H18F2N2OS. The van der Waals surface area contributed by atoms with Crippen LogP contribution in [0.15, 0.2) is 18.2 Å². The predicted molar refractivity (Wildman–Crippen MR) is 77.9 cm³/mol. The number of halogens is 2. The van der Waals surface area contributed by atoms with Crippen LogP contribution in [-0.2, 0) is 4.79 Å². The van der Waals surface area contributed by atoms with Gasteiger partial charge in [-0.3, -0.25) is 4.79 Å². The van der Waals surface area contributed by atoms with Gasteiger partial charge in [0.2, 0.25) is 5.91 Å². The van der Waals surface area contributed by atoms with E-state index in [-0.39, 0.29) is 12.2 Å². The molecule has 1 heterocycles. The molecule has 0 radical (unpaired) electrons. The van der Waals surface area contributed by atoms with Crippen LogP contribution in [0.1, 0.15) is 12.8 Å². The van der Waals surface area contributed by atoms with Gasteiger partial charge in [0.15, 0.2) is 0 Å². The van der Waals surface area contributed by atoms with Gasteiger partial charge >= 0.3 is 0 Å². The summed E-state index contributed by atoms with van der Waals surface area (Å²) in [7, 11) is 0. The molecule has 0 aromatic heterocycles. The van der Waals surface area contributed by atoms with E-state index < -0.39 is 17.5 Å². The molecule has 0 bridgehead atoms. The van der Waals surface area contributed by atoms with Crippen LogP contribution in [0.4, 0.5) is 14.5 Å². The highest BCUT2D eigenvalue weighted by Crippen LogP contribution is 2.21. The van der Waals surface area contributed by atoms with E-state index in [1.54, 1.807) is 0 Å². The molecule has 1 aromatic carbocycles. The van der Waals surface area contributed by atoms with Crippen molar-refractivity contribution in [1.29, 1.82) is 0 Å². The van der Waals surface area contributed by atoms with E-state index in [0.29, 0.717) is 5.92 Å². The van der Waals surface area contributed by atoms with E-state index in [9.17, 15) is 13.6 Å². The van der Waals surface area contributed by atoms with Gasteiger partial charge in [-0.1, -0.05) is 6.07 Å². The lowest BCUT2D eigenvalue weighted by Crippen LogP contribution is -2.33. The number of anilines is 1. The zero-order chi connectivity index (χ0) is 14.4. The van der Waals surface area contributed by atoms with Gasteiger partial charge in [0.1, 0.15) is 17.3 Å². The van der Waals surface area contributed by atoms with Crippen molar-refractivity contribution in [3.8, 4) is 0 Å². The first-order chi connectivity index (χ1) is 9.66. The summed E-state index contributed by atoms with van der Waals surface area (Å²) in [6, 6.07) is 3.50. The fraction of sp³-hybridized carbons (Fsp3) is 0.500. The Morgan fingerprint density at radius 2 is 1.90 bits per heavy atom. The number of carbonyl (C=O) groups is 1. The minimum atomic E-state index is -0.761. The zero-order valence-electron chi connectivity index (χ0n) is 11.1. The molecule has 1 saturated heterocycles. The van der Waals surface area contributed by atoms with E-state index in [1.807, 2.05) is 11.8 Å². The quantitative estimate of drug-likeness (QED) is 0.878. The third kappa shape index (κ3) is 4.45. The van der Waals surface area contributed by atoms with Crippen molar-refractivity contribution < 1.29 is 13.6 Å². The van der Waals surface area contributed by atoms with Crippen LogP contribution in [0.25, 0.3) is 0 Å². The normalized spacial score (nSPS) is 16.1. The summed E-state index contributed by atoms with van der Waals surface area (Å²) in [5.41, 5.74) is -0.381. The van der Waals surface area contributed by atoms with Crippen LogP contribution in [0.5, 0.6) is 0 Å². The van der Waals surface area contributed by atoms with Crippen LogP contribution in [0.2, 0.25) is 0 Å². The predicted octanol–water partition coefficient (Wildman–Crippen LogP) is 2.64. The standard InChI is InChI=1S/C14H18F2N2OS/c15-11-2-1-3-12(16)14(11)18-13(19)9-17-8-10-4-6-20-7-5-10/h1-3,10,17H,4-9H2,(H,18,19). The number of amides is 1. The summed E-state index contributed by atoms with van der Waals surface area (Å²) in [5.74, 6) is 0.969. The SMILES string of the molecule is O=C(CNCC1CCSCC1)Nc1c(F)cccc1F. The lowest BCUT2D eigenvalue weighted by Gasteiger charge is -2.21. The Morgan fingerprint density at radius 1 is 1.25 bits per heavy atom. The van der Waals surface area contributed by atoms with Gasteiger partial charge in [-0.15, -0.1) is 0 Å². The average Bonchev–Trinajstić information content (AvgIpc) is 2.44. The summed E-state index contributed by atoms with van der Waals surface area (Å²) < 4.78 is 26.7. The molecule has 1 amide bonds. The Kier molecular flexibility index (Phi) is 5.79. The summed E-state index contributed by atoms with van der Waals surface area (Å²) in [5, 5.41) is 5.31. The highest BCUT2D eigenvalue weighted by molar-refractivity contribution is 7.99. The summed E-state index contributed by atoms with van der Waals surface area (Å²) >= 11 is 1.95. The monoisotopic (exact) mass is 300 g/mol. The molecule has 110 valence electrons. The topological polar surface area (TPSA) is 41.1 Å². The van der Waals surface area contributed by atoms with E-state index >= 15 is 0 Å². The van der Waals surface area contributed by atoms with Crippen molar-refractivity contribution in [2.24, 2.45) is 5.92 Å². The zero-order valence-corrected chi connectivity index (χ0v) is 11.9. The fourth-order valence-corrected chi connectivity index (χ4v) is 3.35. The van der Waals surface area contributed by atoms with Crippen molar-refractivity contribution in [2.45, 2.75) is 12.8 Å². The van der Waals surface area contributed by atoms with Gasteiger partial charge in [0, 0.05) is 0 Å². The number of thioether (sulfide) groups is 1. The van der Waals surface area contributed by atoms with Crippen molar-refractivity contribution in [3.63, 3.8) is 0 Å². The molecule has 1 aliphatic rings. The van der Waals surface area contributed by atoms with Crippen LogP contribution in [0, 0.1) is 17.6 Å². The van der Waals surface area contributed by atoms with Crippen LogP contribution < -0.4 is 10.6 Å². The Labute approximate surface area is 121 Å². The molecule has 6 heteroatoms. The highest BCUT2D eigenvalue weighted by atomic mass is 32.2. The molecular weight excluding hydrogens is 282 g/mol. The van der Waals surface area contributed by atoms with Gasteiger partial charge in [-0.25, -0.2) is 8.78 Å². The number of rotatable bonds is 5. The molecule has 0 unspecified atom stereocenters. The lowest BCUT2D eigenvalue weighted by atomic mass is 10.0. The minimum Gasteiger partial charge on any atom is -0.320 e. The molecule has 0 spiro atoms. The maximum atomic E-state index is 13.3. The maximum Gasteiger partial charge on any atom is 0.238 e. The molecule has 2 rings (SSSR count). The molecule has 2 N–H and O–H groups in total. The van der Waals surface area contributed by atoms with E-state index in [0.717, 1.165) is 31.5 Å². The summed E-state index contributed by atoms with van der Waals surface area (Å²) in [6.07, 6.45) is 2.31. The third-order valence-electron chi connectivity index (χ3n) is 3.29. The average molecular weight is 300 g/mol. The number of nitrogens with one attached hydrogen (secondary N) is 2. The molecule has 1 aliphatic heterocycles. The first-order valence-corrected chi connectivity index (χ1v) is 7.84. The Hall–Kier alpha value is -1.14. The molecule has 0 atom stereocenters. The van der Waals surface area contributed by atoms with Gasteiger partial charge in [-0.05, 0) is 48.9 Å². The fourth-order valence-electron chi connectivity index (χ4n) is 2.14. The second-order valence-electron chi connectivity index (χ2n) is 4.83. The van der Waals surface area contributed by atoms with Crippen molar-refractivity contribution in [1.82, 2.24) is 5.32 Å². The van der Waals surface area contributed by atoms with Gasteiger partial charge in [0.05, 0.1) is 6.54 Å². The van der Waals surface area contributed by atoms with Crippen molar-refractivity contribution in [2.75, 3.05) is 29.9 Å². The van der Waals surface area contributed by atoms with Crippen molar-refractivity contribution >= 4 is 23.4 Å². The third-order valence-corrected chi connectivity index (χ3v) is 4.34. The molecule has 1 aromatic rings. The molecule has 20 heavy (non-hydrogen) atoms. The van der Waals surface area contributed by atoms with Gasteiger partial charge in [-0.2, -0.15) is 11.8 Å². The molecule has 1 fully saturated rings. The first kappa shape index (κ1) is 15.3. The van der Waals surface area contributed by atoms with E-state index in [2.05, 4.69) is 10.6 Å². The second-order valence-corrected chi connectivity index (χ2v) is 6.06. The first-order valence-electron chi connectivity index (χ1n) is 6.69. The van der Waals surface area contributed by atoms with Gasteiger partial charge in [0.25, 0.3) is 0 Å². The molecule has 3 nitrogen and oxygen atoms in total. The number of para-hydroxylation sites is 1. The number of benzene rings is 1. The van der Waals surface area contributed by atoms with Crippen LogP contribution in [0.3, 0.4) is 0 Å². The minimum absolute atomic E-state index is 0.0669. The van der Waals surface area contributed by atoms with Crippen LogP contribution >= 0.6 is 11.8 Å². The maximum absolute atomic E-state index is 13.3. The number of hydrogen-bond acceptors (Lipinski definition) is 3. The summed E-state index contributed by atoms with van der Waals surface area (Å²) in [6.45, 7) is 0.838. The van der Waals surface area contributed by atoms with E-state index in [1.165, 1.54) is 17.6 Å². The Morgan fingerprint density at radius 3 is 2.55 bits per heavy atom. The number of hydrogen-bond donors (Lipinski definition) is 2. The second kappa shape index (κ2) is 7.59. The highest BCUT2D eigenvalue weighted by Gasteiger charge is 2.15. The molecule has 0 saturated carbocycles. The largest absolute Gasteiger partial charge is 0.320 e. The molecule has 0 aliphatic carbocycles. The number of carbonyl (C=O) groups excluding carboxylic acids is 1. The van der Waals surface area contributed by atoms with Crippen LogP contribution in [-0.4, -0.2) is 30.5 Å². The van der Waals surface area contributed by atoms with E-state index in [4.69, 9.17) is 0 Å². The smallest absolute Gasteiger partial charge is 0.238 e. The van der Waals surface area contributed by atoms with Gasteiger partial charge < -0.3 is 10.6 Å². The Bertz CT molecular complexity index is 444.